The molecule has 18 heavy (non-hydrogen) atoms. The first kappa shape index (κ1) is 12.6. The number of aromatic amines is 2. The Morgan fingerprint density at radius 2 is 2.28 bits per heavy atom. The first-order valence-electron chi connectivity index (χ1n) is 5.86. The van der Waals surface area contributed by atoms with Gasteiger partial charge in [0, 0.05) is 25.3 Å². The van der Waals surface area contributed by atoms with Gasteiger partial charge < -0.3 is 15.6 Å². The number of hydrogen-bond donors (Lipinski definition) is 3. The van der Waals surface area contributed by atoms with Crippen LogP contribution in [-0.2, 0) is 0 Å². The van der Waals surface area contributed by atoms with Crippen LogP contribution in [0.1, 0.15) is 23.7 Å². The first-order valence-corrected chi connectivity index (χ1v) is 5.86. The quantitative estimate of drug-likeness (QED) is 0.618. The normalized spacial score (nSPS) is 21.0. The van der Waals surface area contributed by atoms with Crippen LogP contribution in [0.15, 0.2) is 15.8 Å². The summed E-state index contributed by atoms with van der Waals surface area (Å²) >= 11 is 0. The fourth-order valence-corrected chi connectivity index (χ4v) is 2.14. The van der Waals surface area contributed by atoms with Crippen LogP contribution >= 0.6 is 0 Å². The number of hydrogen-bond acceptors (Lipinski definition) is 4. The molecule has 2 rings (SSSR count). The number of nitrogens with zero attached hydrogens (tertiary/aromatic N) is 1. The molecule has 4 N–H and O–H groups in total. The Hall–Kier alpha value is -1.89. The lowest BCUT2D eigenvalue weighted by atomic mass is 10.0. The van der Waals surface area contributed by atoms with E-state index in [9.17, 15) is 14.4 Å². The highest BCUT2D eigenvalue weighted by molar-refractivity contribution is 5.93. The standard InChI is InChI=1S/C11H16N4O3/c1-6(12)7-2-3-15(5-7)10(17)8-4-13-11(18)14-9(8)16/h4,6-7H,2-3,5,12H2,1H3,(H2,13,14,16,18). The van der Waals surface area contributed by atoms with Gasteiger partial charge in [0.25, 0.3) is 11.5 Å². The molecule has 0 spiro atoms. The van der Waals surface area contributed by atoms with Crippen LogP contribution in [-0.4, -0.2) is 39.9 Å². The van der Waals surface area contributed by atoms with Gasteiger partial charge in [-0.15, -0.1) is 0 Å². The van der Waals surface area contributed by atoms with Crippen LogP contribution in [0, 0.1) is 5.92 Å². The highest BCUT2D eigenvalue weighted by Crippen LogP contribution is 2.19. The Bertz CT molecular complexity index is 560. The van der Waals surface area contributed by atoms with Crippen molar-refractivity contribution >= 4 is 5.91 Å². The molecule has 1 aromatic rings. The largest absolute Gasteiger partial charge is 0.338 e. The Kier molecular flexibility index (Phi) is 3.33. The minimum atomic E-state index is -0.659. The molecule has 7 heteroatoms. The third-order valence-corrected chi connectivity index (χ3v) is 3.31. The van der Waals surface area contributed by atoms with Crippen molar-refractivity contribution in [2.24, 2.45) is 11.7 Å². The van der Waals surface area contributed by atoms with E-state index in [1.807, 2.05) is 11.9 Å². The lowest BCUT2D eigenvalue weighted by molar-refractivity contribution is 0.0783. The van der Waals surface area contributed by atoms with Crippen LogP contribution in [0.25, 0.3) is 0 Å². The van der Waals surface area contributed by atoms with Gasteiger partial charge in [0.05, 0.1) is 0 Å². The lowest BCUT2D eigenvalue weighted by Crippen LogP contribution is -2.37. The molecule has 0 saturated carbocycles. The van der Waals surface area contributed by atoms with E-state index >= 15 is 0 Å². The van der Waals surface area contributed by atoms with Crippen molar-refractivity contribution in [2.45, 2.75) is 19.4 Å². The van der Waals surface area contributed by atoms with E-state index in [2.05, 4.69) is 4.98 Å². The Morgan fingerprint density at radius 1 is 1.56 bits per heavy atom. The van der Waals surface area contributed by atoms with Crippen LogP contribution in [0.5, 0.6) is 0 Å². The molecule has 1 saturated heterocycles. The third kappa shape index (κ3) is 2.35. The average Bonchev–Trinajstić information content (AvgIpc) is 2.77. The van der Waals surface area contributed by atoms with Crippen molar-refractivity contribution < 1.29 is 4.79 Å². The van der Waals surface area contributed by atoms with Crippen LogP contribution in [0.4, 0.5) is 0 Å². The Morgan fingerprint density at radius 3 is 2.83 bits per heavy atom. The number of amides is 1. The summed E-state index contributed by atoms with van der Waals surface area (Å²) in [6.45, 7) is 3.05. The van der Waals surface area contributed by atoms with Gasteiger partial charge in [-0.3, -0.25) is 14.6 Å². The number of carbonyl (C=O) groups excluding carboxylic acids is 1. The maximum atomic E-state index is 12.1. The van der Waals surface area contributed by atoms with Gasteiger partial charge in [-0.2, -0.15) is 0 Å². The molecule has 1 fully saturated rings. The van der Waals surface area contributed by atoms with E-state index in [0.717, 1.165) is 12.6 Å². The molecule has 7 nitrogen and oxygen atoms in total. The first-order chi connectivity index (χ1) is 8.49. The van der Waals surface area contributed by atoms with E-state index in [4.69, 9.17) is 5.73 Å². The second-order valence-corrected chi connectivity index (χ2v) is 4.64. The van der Waals surface area contributed by atoms with Crippen molar-refractivity contribution in [3.05, 3.63) is 32.6 Å². The summed E-state index contributed by atoms with van der Waals surface area (Å²) < 4.78 is 0. The van der Waals surface area contributed by atoms with Crippen molar-refractivity contribution in [1.82, 2.24) is 14.9 Å². The topological polar surface area (TPSA) is 112 Å². The molecule has 98 valence electrons. The van der Waals surface area contributed by atoms with Gasteiger partial charge in [-0.25, -0.2) is 4.79 Å². The van der Waals surface area contributed by atoms with Crippen molar-refractivity contribution in [3.63, 3.8) is 0 Å². The highest BCUT2D eigenvalue weighted by atomic mass is 16.2. The van der Waals surface area contributed by atoms with Gasteiger partial charge in [0.15, 0.2) is 0 Å². The van der Waals surface area contributed by atoms with E-state index in [1.54, 1.807) is 4.90 Å². The molecular weight excluding hydrogens is 236 g/mol. The Balaban J connectivity index is 2.18. The zero-order valence-corrected chi connectivity index (χ0v) is 10.1. The maximum absolute atomic E-state index is 12.1. The van der Waals surface area contributed by atoms with Crippen LogP contribution < -0.4 is 17.0 Å². The van der Waals surface area contributed by atoms with E-state index in [0.29, 0.717) is 13.1 Å². The molecule has 0 radical (unpaired) electrons. The molecule has 1 aliphatic rings. The van der Waals surface area contributed by atoms with Gasteiger partial charge in [-0.05, 0) is 19.3 Å². The summed E-state index contributed by atoms with van der Waals surface area (Å²) in [5, 5.41) is 0. The zero-order valence-electron chi connectivity index (χ0n) is 10.1. The summed E-state index contributed by atoms with van der Waals surface area (Å²) in [4.78, 5) is 40.4. The summed E-state index contributed by atoms with van der Waals surface area (Å²) in [5.74, 6) is -0.105. The van der Waals surface area contributed by atoms with Gasteiger partial charge in [-0.1, -0.05) is 0 Å². The summed E-state index contributed by atoms with van der Waals surface area (Å²) in [6.07, 6.45) is 1.99. The molecular formula is C11H16N4O3. The number of carbonyl (C=O) groups is 1. The summed E-state index contributed by atoms with van der Waals surface area (Å²) in [5.41, 5.74) is 4.48. The van der Waals surface area contributed by atoms with Crippen molar-refractivity contribution in [2.75, 3.05) is 13.1 Å². The van der Waals surface area contributed by atoms with Gasteiger partial charge in [0.1, 0.15) is 5.56 Å². The number of nitrogens with two attached hydrogens (primary N) is 1. The number of aromatic nitrogens is 2. The number of likely N-dealkylation sites (tertiary alicyclic amines) is 1. The van der Waals surface area contributed by atoms with E-state index in [1.165, 1.54) is 0 Å². The molecule has 1 aliphatic heterocycles. The predicted octanol–water partition coefficient (Wildman–Crippen LogP) is -1.13. The smallest absolute Gasteiger partial charge is 0.325 e. The Labute approximate surface area is 103 Å². The summed E-state index contributed by atoms with van der Waals surface area (Å²) in [7, 11) is 0. The zero-order chi connectivity index (χ0) is 13.3. The molecule has 0 aromatic carbocycles. The maximum Gasteiger partial charge on any atom is 0.325 e. The lowest BCUT2D eigenvalue weighted by Gasteiger charge is -2.17. The number of rotatable bonds is 2. The van der Waals surface area contributed by atoms with Crippen LogP contribution in [0.3, 0.4) is 0 Å². The molecule has 1 amide bonds. The minimum absolute atomic E-state index is 0.0247. The molecule has 2 unspecified atom stereocenters. The fourth-order valence-electron chi connectivity index (χ4n) is 2.14. The molecule has 0 aliphatic carbocycles. The predicted molar refractivity (Wildman–Crippen MR) is 65.3 cm³/mol. The van der Waals surface area contributed by atoms with Crippen molar-refractivity contribution in [1.29, 1.82) is 0 Å². The van der Waals surface area contributed by atoms with Crippen LogP contribution in [0.2, 0.25) is 0 Å². The monoisotopic (exact) mass is 252 g/mol. The molecule has 0 bridgehead atoms. The highest BCUT2D eigenvalue weighted by Gasteiger charge is 2.30. The number of H-pyrrole nitrogens is 2. The minimum Gasteiger partial charge on any atom is -0.338 e. The fraction of sp³-hybridized carbons (Fsp3) is 0.545. The summed E-state index contributed by atoms with van der Waals surface area (Å²) in [6, 6.07) is 0.0247. The second kappa shape index (κ2) is 4.77. The third-order valence-electron chi connectivity index (χ3n) is 3.31. The SMILES string of the molecule is CC(N)C1CCN(C(=O)c2c[nH]c(=O)[nH]c2=O)C1. The van der Waals surface area contributed by atoms with Gasteiger partial charge >= 0.3 is 5.69 Å². The molecule has 2 heterocycles. The van der Waals surface area contributed by atoms with Gasteiger partial charge in [0.2, 0.25) is 0 Å². The average molecular weight is 252 g/mol. The number of nitrogens with one attached hydrogen (secondary N) is 2. The van der Waals surface area contributed by atoms with E-state index in [-0.39, 0.29) is 23.4 Å². The molecule has 2 atom stereocenters. The second-order valence-electron chi connectivity index (χ2n) is 4.64. The molecule has 1 aromatic heterocycles. The van der Waals surface area contributed by atoms with Crippen molar-refractivity contribution in [3.8, 4) is 0 Å². The van der Waals surface area contributed by atoms with E-state index < -0.39 is 11.2 Å².